The van der Waals surface area contributed by atoms with Crippen LogP contribution in [0.25, 0.3) is 0 Å². The Kier molecular flexibility index (Phi) is 4.81. The van der Waals surface area contributed by atoms with Gasteiger partial charge in [-0.1, -0.05) is 48.5 Å². The number of carbonyl (C=O) groups is 1. The van der Waals surface area contributed by atoms with Gasteiger partial charge < -0.3 is 4.74 Å². The number of morpholine rings is 1. The molecular formula is C24H22FN3O2. The molecule has 3 heterocycles. The predicted molar refractivity (Wildman–Crippen MR) is 111 cm³/mol. The number of para-hydroxylation sites is 1. The first-order chi connectivity index (χ1) is 14.7. The third kappa shape index (κ3) is 3.00. The standard InChI is InChI=1S/C24H22FN3O2/c25-22-16-18(10-11-26-22)17-24(19-6-2-1-3-7-19)20-8-4-5-9-21(20)28(23(24)29)27-12-14-30-15-13-27/h1-11,16H,12-15,17H2. The van der Waals surface area contributed by atoms with Gasteiger partial charge in [0.25, 0.3) is 5.91 Å². The second kappa shape index (κ2) is 7.63. The molecule has 2 aliphatic heterocycles. The predicted octanol–water partition coefficient (Wildman–Crippen LogP) is 3.34. The summed E-state index contributed by atoms with van der Waals surface area (Å²) < 4.78 is 19.4. The number of fused-ring (bicyclic) bond motifs is 1. The number of amides is 1. The third-order valence-corrected chi connectivity index (χ3v) is 5.95. The molecule has 2 aromatic carbocycles. The second-order valence-electron chi connectivity index (χ2n) is 7.64. The first-order valence-electron chi connectivity index (χ1n) is 10.1. The van der Waals surface area contributed by atoms with Crippen molar-refractivity contribution >= 4 is 11.6 Å². The Labute approximate surface area is 174 Å². The molecule has 1 atom stereocenters. The number of nitrogens with zero attached hydrogens (tertiary/aromatic N) is 3. The van der Waals surface area contributed by atoms with Crippen molar-refractivity contribution in [1.29, 1.82) is 0 Å². The van der Waals surface area contributed by atoms with Gasteiger partial charge in [-0.15, -0.1) is 0 Å². The SMILES string of the molecule is O=C1N(N2CCOCC2)c2ccccc2C1(Cc1ccnc(F)c1)c1ccccc1. The number of aromatic nitrogens is 1. The maximum atomic E-state index is 14.2. The molecule has 1 unspecified atom stereocenters. The van der Waals surface area contributed by atoms with E-state index >= 15 is 0 Å². The van der Waals surface area contributed by atoms with Gasteiger partial charge in [-0.2, -0.15) is 4.39 Å². The quantitative estimate of drug-likeness (QED) is 0.627. The third-order valence-electron chi connectivity index (χ3n) is 5.95. The highest BCUT2D eigenvalue weighted by Crippen LogP contribution is 2.48. The Morgan fingerprint density at radius 3 is 2.50 bits per heavy atom. The zero-order valence-corrected chi connectivity index (χ0v) is 16.5. The Hall–Kier alpha value is -3.09. The number of carbonyl (C=O) groups excluding carboxylic acids is 1. The van der Waals surface area contributed by atoms with Crippen molar-refractivity contribution in [3.05, 3.63) is 95.6 Å². The molecule has 0 aliphatic carbocycles. The van der Waals surface area contributed by atoms with Crippen LogP contribution in [0.1, 0.15) is 16.7 Å². The number of rotatable bonds is 4. The van der Waals surface area contributed by atoms with E-state index in [1.54, 1.807) is 6.07 Å². The normalized spacial score (nSPS) is 21.6. The summed E-state index contributed by atoms with van der Waals surface area (Å²) in [6.45, 7) is 2.46. The van der Waals surface area contributed by atoms with Crippen LogP contribution >= 0.6 is 0 Å². The minimum Gasteiger partial charge on any atom is -0.379 e. The number of hydrogen-bond acceptors (Lipinski definition) is 4. The highest BCUT2D eigenvalue weighted by Gasteiger charge is 2.53. The molecule has 0 radical (unpaired) electrons. The van der Waals surface area contributed by atoms with E-state index in [2.05, 4.69) is 9.99 Å². The van der Waals surface area contributed by atoms with E-state index in [0.29, 0.717) is 32.7 Å². The largest absolute Gasteiger partial charge is 0.379 e. The Bertz CT molecular complexity index is 1070. The molecule has 3 aromatic rings. The van der Waals surface area contributed by atoms with Crippen LogP contribution in [0, 0.1) is 5.95 Å². The van der Waals surface area contributed by atoms with Crippen LogP contribution in [0.15, 0.2) is 72.9 Å². The minimum absolute atomic E-state index is 0.0194. The Balaban J connectivity index is 1.70. The van der Waals surface area contributed by atoms with Crippen LogP contribution in [0.5, 0.6) is 0 Å². The van der Waals surface area contributed by atoms with Crippen molar-refractivity contribution in [2.45, 2.75) is 11.8 Å². The molecule has 6 heteroatoms. The van der Waals surface area contributed by atoms with Crippen LogP contribution in [0.4, 0.5) is 10.1 Å². The van der Waals surface area contributed by atoms with E-state index in [-0.39, 0.29) is 5.91 Å². The first kappa shape index (κ1) is 18.9. The average molecular weight is 403 g/mol. The van der Waals surface area contributed by atoms with Gasteiger partial charge in [0.05, 0.1) is 18.9 Å². The van der Waals surface area contributed by atoms with Gasteiger partial charge in [0.15, 0.2) is 0 Å². The van der Waals surface area contributed by atoms with E-state index in [4.69, 9.17) is 4.74 Å². The maximum Gasteiger partial charge on any atom is 0.257 e. The van der Waals surface area contributed by atoms with E-state index in [1.165, 1.54) is 12.3 Å². The number of hydrogen-bond donors (Lipinski definition) is 0. The highest BCUT2D eigenvalue weighted by molar-refractivity contribution is 6.10. The van der Waals surface area contributed by atoms with Gasteiger partial charge in [0.2, 0.25) is 5.95 Å². The average Bonchev–Trinajstić information content (AvgIpc) is 3.04. The summed E-state index contributed by atoms with van der Waals surface area (Å²) in [7, 11) is 0. The number of anilines is 1. The van der Waals surface area contributed by atoms with Crippen LogP contribution < -0.4 is 5.01 Å². The lowest BCUT2D eigenvalue weighted by Crippen LogP contribution is -2.54. The molecule has 1 saturated heterocycles. The van der Waals surface area contributed by atoms with Crippen molar-refractivity contribution in [1.82, 2.24) is 9.99 Å². The van der Waals surface area contributed by atoms with E-state index < -0.39 is 11.4 Å². The van der Waals surface area contributed by atoms with Gasteiger partial charge in [0.1, 0.15) is 5.41 Å². The van der Waals surface area contributed by atoms with Gasteiger partial charge in [-0.05, 0) is 41.3 Å². The summed E-state index contributed by atoms with van der Waals surface area (Å²) in [5.74, 6) is -0.562. The van der Waals surface area contributed by atoms with Gasteiger partial charge in [-0.25, -0.2) is 15.0 Å². The molecule has 1 amide bonds. The fraction of sp³-hybridized carbons (Fsp3) is 0.250. The molecule has 1 aromatic heterocycles. The molecule has 0 bridgehead atoms. The van der Waals surface area contributed by atoms with Gasteiger partial charge >= 0.3 is 0 Å². The number of hydrazine groups is 1. The number of pyridine rings is 1. The fourth-order valence-electron chi connectivity index (χ4n) is 4.59. The van der Waals surface area contributed by atoms with Crippen LogP contribution in [-0.2, 0) is 21.4 Å². The van der Waals surface area contributed by atoms with E-state index in [1.807, 2.05) is 59.6 Å². The summed E-state index contributed by atoms with van der Waals surface area (Å²) in [6.07, 6.45) is 1.81. The van der Waals surface area contributed by atoms with Crippen molar-refractivity contribution in [2.24, 2.45) is 0 Å². The zero-order valence-electron chi connectivity index (χ0n) is 16.5. The first-order valence-corrected chi connectivity index (χ1v) is 10.1. The second-order valence-corrected chi connectivity index (χ2v) is 7.64. The van der Waals surface area contributed by atoms with Gasteiger partial charge in [-0.3, -0.25) is 4.79 Å². The van der Waals surface area contributed by atoms with Crippen molar-refractivity contribution in [3.8, 4) is 0 Å². The van der Waals surface area contributed by atoms with Crippen LogP contribution in [0.2, 0.25) is 0 Å². The van der Waals surface area contributed by atoms with Crippen LogP contribution in [0.3, 0.4) is 0 Å². The molecule has 152 valence electrons. The minimum atomic E-state index is -0.941. The number of ether oxygens (including phenoxy) is 1. The molecule has 1 fully saturated rings. The lowest BCUT2D eigenvalue weighted by molar-refractivity contribution is -0.126. The Morgan fingerprint density at radius 1 is 1.00 bits per heavy atom. The van der Waals surface area contributed by atoms with Gasteiger partial charge in [0, 0.05) is 19.3 Å². The monoisotopic (exact) mass is 403 g/mol. The summed E-state index contributed by atoms with van der Waals surface area (Å²) >= 11 is 0. The van der Waals surface area contributed by atoms with Crippen LogP contribution in [-0.4, -0.2) is 42.2 Å². The number of benzene rings is 2. The Morgan fingerprint density at radius 2 is 1.73 bits per heavy atom. The van der Waals surface area contributed by atoms with E-state index in [0.717, 1.165) is 22.4 Å². The fourth-order valence-corrected chi connectivity index (χ4v) is 4.59. The molecule has 5 nitrogen and oxygen atoms in total. The molecule has 30 heavy (non-hydrogen) atoms. The summed E-state index contributed by atoms with van der Waals surface area (Å²) in [5, 5.41) is 3.87. The lowest BCUT2D eigenvalue weighted by Gasteiger charge is -2.37. The molecule has 0 saturated carbocycles. The summed E-state index contributed by atoms with van der Waals surface area (Å²) in [6, 6.07) is 20.9. The topological polar surface area (TPSA) is 45.7 Å². The van der Waals surface area contributed by atoms with Crippen molar-refractivity contribution < 1.29 is 13.9 Å². The summed E-state index contributed by atoms with van der Waals surface area (Å²) in [5.41, 5.74) is 2.51. The maximum absolute atomic E-state index is 14.2. The smallest absolute Gasteiger partial charge is 0.257 e. The molecule has 5 rings (SSSR count). The lowest BCUT2D eigenvalue weighted by atomic mass is 9.71. The molecular weight excluding hydrogens is 381 g/mol. The highest BCUT2D eigenvalue weighted by atomic mass is 19.1. The molecule has 2 aliphatic rings. The van der Waals surface area contributed by atoms with Crippen molar-refractivity contribution in [2.75, 3.05) is 31.3 Å². The molecule has 0 N–H and O–H groups in total. The molecule has 0 spiro atoms. The van der Waals surface area contributed by atoms with E-state index in [9.17, 15) is 9.18 Å². The van der Waals surface area contributed by atoms with Crippen molar-refractivity contribution in [3.63, 3.8) is 0 Å². The number of halogens is 1. The summed E-state index contributed by atoms with van der Waals surface area (Å²) in [4.78, 5) is 17.9. The zero-order chi connectivity index (χ0) is 20.6.